The smallest absolute Gasteiger partial charge is 0.123 e. The zero-order valence-corrected chi connectivity index (χ0v) is 29.0. The van der Waals surface area contributed by atoms with Crippen molar-refractivity contribution in [3.8, 4) is 0 Å². The summed E-state index contributed by atoms with van der Waals surface area (Å²) in [6.45, 7) is 6.77. The SMILES string of the molecule is C/C=C\C1=C(/C=C/c2ccc(C3=CC=C(c4ccccc4)CC3)cc2)c2c(C(=N)N)cccc2C12c1ccccc1C(C)(C)c1ccccc12. The summed E-state index contributed by atoms with van der Waals surface area (Å²) in [6.07, 6.45) is 15.5. The lowest BCUT2D eigenvalue weighted by atomic mass is 9.55. The summed E-state index contributed by atoms with van der Waals surface area (Å²) in [6, 6.07) is 43.8. The molecule has 0 atom stereocenters. The van der Waals surface area contributed by atoms with E-state index in [1.807, 2.05) is 6.07 Å². The van der Waals surface area contributed by atoms with E-state index >= 15 is 0 Å². The van der Waals surface area contributed by atoms with Crippen LogP contribution in [-0.2, 0) is 10.8 Å². The van der Waals surface area contributed by atoms with Crippen molar-refractivity contribution in [3.05, 3.63) is 213 Å². The molecular formula is C48H42N2. The molecule has 0 unspecified atom stereocenters. The van der Waals surface area contributed by atoms with Gasteiger partial charge in [-0.2, -0.15) is 0 Å². The highest BCUT2D eigenvalue weighted by Crippen LogP contribution is 2.62. The molecule has 0 bridgehead atoms. The van der Waals surface area contributed by atoms with Crippen LogP contribution in [0.25, 0.3) is 22.8 Å². The van der Waals surface area contributed by atoms with Crippen molar-refractivity contribution in [1.29, 1.82) is 5.41 Å². The highest BCUT2D eigenvalue weighted by atomic mass is 14.7. The zero-order valence-electron chi connectivity index (χ0n) is 29.0. The van der Waals surface area contributed by atoms with Crippen molar-refractivity contribution in [2.75, 3.05) is 0 Å². The zero-order chi connectivity index (χ0) is 34.5. The first-order valence-corrected chi connectivity index (χ1v) is 17.6. The number of allylic oxidation sites excluding steroid dienone is 9. The number of amidine groups is 1. The highest BCUT2D eigenvalue weighted by Gasteiger charge is 2.53. The topological polar surface area (TPSA) is 49.9 Å². The number of nitrogens with two attached hydrogens (primary N) is 1. The summed E-state index contributed by atoms with van der Waals surface area (Å²) < 4.78 is 0. The third kappa shape index (κ3) is 4.82. The number of nitrogen functional groups attached to an aromatic ring is 1. The van der Waals surface area contributed by atoms with Gasteiger partial charge in [0.25, 0.3) is 0 Å². The van der Waals surface area contributed by atoms with E-state index in [1.165, 1.54) is 55.7 Å². The second-order valence-corrected chi connectivity index (χ2v) is 14.1. The van der Waals surface area contributed by atoms with Gasteiger partial charge in [0.2, 0.25) is 0 Å². The summed E-state index contributed by atoms with van der Waals surface area (Å²) in [7, 11) is 0. The average molecular weight is 647 g/mol. The molecule has 0 aromatic heterocycles. The van der Waals surface area contributed by atoms with Crippen LogP contribution >= 0.6 is 0 Å². The highest BCUT2D eigenvalue weighted by molar-refractivity contribution is 6.06. The number of fused-ring (bicyclic) bond motifs is 6. The molecule has 3 aliphatic rings. The molecule has 0 fully saturated rings. The van der Waals surface area contributed by atoms with Gasteiger partial charge < -0.3 is 5.73 Å². The summed E-state index contributed by atoms with van der Waals surface area (Å²) in [5.41, 5.74) is 22.6. The first kappa shape index (κ1) is 31.5. The fourth-order valence-electron chi connectivity index (χ4n) is 8.75. The van der Waals surface area contributed by atoms with Gasteiger partial charge in [0.1, 0.15) is 5.84 Å². The Labute approximate surface area is 296 Å². The monoisotopic (exact) mass is 646 g/mol. The quantitative estimate of drug-likeness (QED) is 0.140. The van der Waals surface area contributed by atoms with Crippen molar-refractivity contribution in [1.82, 2.24) is 0 Å². The maximum Gasteiger partial charge on any atom is 0.123 e. The molecule has 0 saturated carbocycles. The number of rotatable bonds is 6. The normalized spacial score (nSPS) is 17.0. The fourth-order valence-corrected chi connectivity index (χ4v) is 8.75. The Morgan fingerprint density at radius 1 is 0.600 bits per heavy atom. The van der Waals surface area contributed by atoms with Crippen molar-refractivity contribution >= 4 is 28.6 Å². The first-order chi connectivity index (χ1) is 24.4. The molecule has 0 saturated heterocycles. The van der Waals surface area contributed by atoms with Crippen LogP contribution in [0.15, 0.2) is 157 Å². The van der Waals surface area contributed by atoms with Crippen LogP contribution in [0, 0.1) is 5.41 Å². The minimum Gasteiger partial charge on any atom is -0.384 e. The second kappa shape index (κ2) is 12.3. The van der Waals surface area contributed by atoms with E-state index in [-0.39, 0.29) is 11.3 Å². The largest absolute Gasteiger partial charge is 0.384 e. The van der Waals surface area contributed by atoms with Gasteiger partial charge >= 0.3 is 0 Å². The van der Waals surface area contributed by atoms with Gasteiger partial charge in [-0.25, -0.2) is 0 Å². The van der Waals surface area contributed by atoms with Gasteiger partial charge in [0.05, 0.1) is 5.41 Å². The Kier molecular flexibility index (Phi) is 7.76. The molecular weight excluding hydrogens is 605 g/mol. The molecule has 0 heterocycles. The van der Waals surface area contributed by atoms with E-state index in [0.717, 1.165) is 35.1 Å². The van der Waals surface area contributed by atoms with Gasteiger partial charge in [-0.05, 0) is 92.1 Å². The number of benzene rings is 5. The summed E-state index contributed by atoms with van der Waals surface area (Å²) in [5.74, 6) is 0.0805. The molecule has 50 heavy (non-hydrogen) atoms. The first-order valence-electron chi connectivity index (χ1n) is 17.6. The van der Waals surface area contributed by atoms with Crippen LogP contribution in [0.1, 0.15) is 89.2 Å². The fraction of sp³-hybridized carbons (Fsp3) is 0.146. The van der Waals surface area contributed by atoms with E-state index in [9.17, 15) is 0 Å². The molecule has 0 radical (unpaired) electrons. The van der Waals surface area contributed by atoms with E-state index in [2.05, 4.69) is 172 Å². The molecule has 3 aliphatic carbocycles. The lowest BCUT2D eigenvalue weighted by molar-refractivity contribution is 0.562. The molecule has 5 aromatic carbocycles. The number of nitrogens with one attached hydrogen (secondary N) is 1. The standard InChI is InChI=1S/C48H42N2/c1-4-13-39-37(31-24-32-22-25-34(26-23-32)36-29-27-35(28-30-36)33-14-6-5-7-15-33)45-38(46(49)50)16-12-21-44(45)48(39)42-19-10-8-17-40(42)47(2,3)41-18-9-11-20-43(41)48/h4-27,29,31H,28,30H2,1-3H3,(H3,49,50)/b13-4-,31-24+. The maximum absolute atomic E-state index is 8.70. The number of hydrogen-bond donors (Lipinski definition) is 2. The summed E-state index contributed by atoms with van der Waals surface area (Å²) in [5, 5.41) is 8.70. The Morgan fingerprint density at radius 3 is 1.70 bits per heavy atom. The van der Waals surface area contributed by atoms with E-state index in [1.54, 1.807) is 0 Å². The molecule has 2 heteroatoms. The average Bonchev–Trinajstić information content (AvgIpc) is 3.43. The van der Waals surface area contributed by atoms with E-state index < -0.39 is 5.41 Å². The predicted molar refractivity (Wildman–Crippen MR) is 211 cm³/mol. The Hall–Kier alpha value is -5.73. The minimum atomic E-state index is -0.556. The third-order valence-corrected chi connectivity index (χ3v) is 11.1. The van der Waals surface area contributed by atoms with Gasteiger partial charge in [-0.15, -0.1) is 0 Å². The second-order valence-electron chi connectivity index (χ2n) is 14.1. The molecule has 5 aromatic rings. The van der Waals surface area contributed by atoms with Crippen molar-refractivity contribution in [2.45, 2.75) is 44.4 Å². The molecule has 2 nitrogen and oxygen atoms in total. The van der Waals surface area contributed by atoms with Crippen LogP contribution < -0.4 is 5.73 Å². The van der Waals surface area contributed by atoms with Crippen LogP contribution in [0.5, 0.6) is 0 Å². The lowest BCUT2D eigenvalue weighted by Crippen LogP contribution is -2.41. The Balaban J connectivity index is 1.27. The number of hydrogen-bond acceptors (Lipinski definition) is 1. The van der Waals surface area contributed by atoms with E-state index in [0.29, 0.717) is 0 Å². The Morgan fingerprint density at radius 2 is 1.14 bits per heavy atom. The maximum atomic E-state index is 8.70. The van der Waals surface area contributed by atoms with Gasteiger partial charge in [-0.1, -0.05) is 172 Å². The van der Waals surface area contributed by atoms with Crippen molar-refractivity contribution in [3.63, 3.8) is 0 Å². The van der Waals surface area contributed by atoms with Crippen LogP contribution in [0.4, 0.5) is 0 Å². The molecule has 244 valence electrons. The van der Waals surface area contributed by atoms with Gasteiger partial charge in [0.15, 0.2) is 0 Å². The van der Waals surface area contributed by atoms with Crippen LogP contribution in [-0.4, -0.2) is 5.84 Å². The van der Waals surface area contributed by atoms with Crippen LogP contribution in [0.2, 0.25) is 0 Å². The summed E-state index contributed by atoms with van der Waals surface area (Å²) in [4.78, 5) is 0. The molecule has 1 spiro atoms. The Bertz CT molecular complexity index is 2260. The molecule has 8 rings (SSSR count). The molecule has 0 amide bonds. The predicted octanol–water partition coefficient (Wildman–Crippen LogP) is 11.3. The lowest BCUT2D eigenvalue weighted by Gasteiger charge is -2.47. The van der Waals surface area contributed by atoms with Crippen LogP contribution in [0.3, 0.4) is 0 Å². The minimum absolute atomic E-state index is 0.0805. The molecule has 3 N–H and O–H groups in total. The third-order valence-electron chi connectivity index (χ3n) is 11.1. The van der Waals surface area contributed by atoms with Crippen molar-refractivity contribution in [2.24, 2.45) is 5.73 Å². The summed E-state index contributed by atoms with van der Waals surface area (Å²) >= 11 is 0. The van der Waals surface area contributed by atoms with Gasteiger partial charge in [0, 0.05) is 11.0 Å². The molecule has 0 aliphatic heterocycles. The van der Waals surface area contributed by atoms with E-state index in [4.69, 9.17) is 11.1 Å². The van der Waals surface area contributed by atoms with Crippen molar-refractivity contribution < 1.29 is 0 Å². The van der Waals surface area contributed by atoms with Gasteiger partial charge in [-0.3, -0.25) is 5.41 Å².